The van der Waals surface area contributed by atoms with Gasteiger partial charge in [-0.05, 0) is 50.1 Å². The van der Waals surface area contributed by atoms with Crippen LogP contribution in [0.1, 0.15) is 35.3 Å². The first-order valence-corrected chi connectivity index (χ1v) is 8.37. The van der Waals surface area contributed by atoms with Crippen molar-refractivity contribution in [2.75, 3.05) is 19.6 Å². The quantitative estimate of drug-likeness (QED) is 0.757. The highest BCUT2D eigenvalue weighted by Gasteiger charge is 2.12. The molecule has 1 amide bonds. The molecule has 0 saturated carbocycles. The minimum Gasteiger partial charge on any atom is -0.339 e. The van der Waals surface area contributed by atoms with Gasteiger partial charge < -0.3 is 10.2 Å². The second-order valence-electron chi connectivity index (χ2n) is 5.59. The monoisotopic (exact) mass is 310 g/mol. The van der Waals surface area contributed by atoms with Crippen LogP contribution in [-0.4, -0.2) is 30.4 Å². The highest BCUT2D eigenvalue weighted by molar-refractivity contribution is 5.94. The summed E-state index contributed by atoms with van der Waals surface area (Å²) in [5.74, 6) is 0.120. The van der Waals surface area contributed by atoms with E-state index in [0.717, 1.165) is 38.2 Å². The first kappa shape index (κ1) is 17.2. The van der Waals surface area contributed by atoms with E-state index >= 15 is 0 Å². The summed E-state index contributed by atoms with van der Waals surface area (Å²) in [6, 6.07) is 18.4. The highest BCUT2D eigenvalue weighted by atomic mass is 16.2. The van der Waals surface area contributed by atoms with Crippen molar-refractivity contribution in [3.05, 3.63) is 71.3 Å². The third-order valence-electron chi connectivity index (χ3n) is 3.99. The zero-order valence-electron chi connectivity index (χ0n) is 14.1. The summed E-state index contributed by atoms with van der Waals surface area (Å²) in [5.41, 5.74) is 3.27. The maximum absolute atomic E-state index is 12.4. The van der Waals surface area contributed by atoms with E-state index in [1.165, 1.54) is 11.1 Å². The number of amides is 1. The van der Waals surface area contributed by atoms with Gasteiger partial charge in [0.2, 0.25) is 0 Å². The zero-order valence-corrected chi connectivity index (χ0v) is 14.1. The summed E-state index contributed by atoms with van der Waals surface area (Å²) in [5, 5.41) is 3.45. The fourth-order valence-corrected chi connectivity index (χ4v) is 2.61. The van der Waals surface area contributed by atoms with E-state index in [4.69, 9.17) is 0 Å². The van der Waals surface area contributed by atoms with Crippen LogP contribution in [0.4, 0.5) is 0 Å². The third-order valence-corrected chi connectivity index (χ3v) is 3.99. The van der Waals surface area contributed by atoms with Crippen molar-refractivity contribution in [1.82, 2.24) is 10.2 Å². The number of hydrogen-bond acceptors (Lipinski definition) is 2. The molecule has 0 unspecified atom stereocenters. The van der Waals surface area contributed by atoms with E-state index < -0.39 is 0 Å². The topological polar surface area (TPSA) is 32.3 Å². The SMILES string of the molecule is CCN(CC)C(=O)c1cccc(CCNCc2ccccc2)c1. The Kier molecular flexibility index (Phi) is 6.82. The molecule has 0 heterocycles. The molecule has 0 atom stereocenters. The van der Waals surface area contributed by atoms with Gasteiger partial charge in [-0.1, -0.05) is 42.5 Å². The molecule has 0 saturated heterocycles. The lowest BCUT2D eigenvalue weighted by Gasteiger charge is -2.19. The van der Waals surface area contributed by atoms with Crippen LogP contribution in [0.3, 0.4) is 0 Å². The molecular weight excluding hydrogens is 284 g/mol. The van der Waals surface area contributed by atoms with Gasteiger partial charge in [-0.2, -0.15) is 0 Å². The molecule has 122 valence electrons. The molecule has 3 heteroatoms. The summed E-state index contributed by atoms with van der Waals surface area (Å²) in [7, 11) is 0. The van der Waals surface area contributed by atoms with Crippen molar-refractivity contribution < 1.29 is 4.79 Å². The Morgan fingerprint density at radius 1 is 0.957 bits per heavy atom. The summed E-state index contributed by atoms with van der Waals surface area (Å²) >= 11 is 0. The molecule has 2 aromatic carbocycles. The molecule has 3 nitrogen and oxygen atoms in total. The predicted molar refractivity (Wildman–Crippen MR) is 95.5 cm³/mol. The molecule has 2 rings (SSSR count). The van der Waals surface area contributed by atoms with Crippen molar-refractivity contribution >= 4 is 5.91 Å². The van der Waals surface area contributed by atoms with Gasteiger partial charge in [0.05, 0.1) is 0 Å². The highest BCUT2D eigenvalue weighted by Crippen LogP contribution is 2.09. The fourth-order valence-electron chi connectivity index (χ4n) is 2.61. The smallest absolute Gasteiger partial charge is 0.253 e. The van der Waals surface area contributed by atoms with Crippen molar-refractivity contribution in [2.45, 2.75) is 26.8 Å². The average molecular weight is 310 g/mol. The first-order valence-electron chi connectivity index (χ1n) is 8.37. The Hall–Kier alpha value is -2.13. The number of carbonyl (C=O) groups excluding carboxylic acids is 1. The largest absolute Gasteiger partial charge is 0.339 e. The lowest BCUT2D eigenvalue weighted by Crippen LogP contribution is -2.30. The van der Waals surface area contributed by atoms with Crippen molar-refractivity contribution in [2.24, 2.45) is 0 Å². The molecule has 0 fully saturated rings. The second-order valence-corrected chi connectivity index (χ2v) is 5.59. The molecule has 0 aliphatic heterocycles. The van der Waals surface area contributed by atoms with Crippen LogP contribution in [0.2, 0.25) is 0 Å². The van der Waals surface area contributed by atoms with Crippen LogP contribution in [-0.2, 0) is 13.0 Å². The molecule has 0 radical (unpaired) electrons. The van der Waals surface area contributed by atoms with Gasteiger partial charge in [0.15, 0.2) is 0 Å². The molecular formula is C20H26N2O. The Bertz CT molecular complexity index is 606. The molecule has 0 aliphatic rings. The van der Waals surface area contributed by atoms with Gasteiger partial charge in [0, 0.05) is 25.2 Å². The Morgan fingerprint density at radius 3 is 2.35 bits per heavy atom. The van der Waals surface area contributed by atoms with Gasteiger partial charge in [-0.3, -0.25) is 4.79 Å². The van der Waals surface area contributed by atoms with Gasteiger partial charge in [0.25, 0.3) is 5.91 Å². The van der Waals surface area contributed by atoms with E-state index in [1.807, 2.05) is 43.0 Å². The number of carbonyl (C=O) groups is 1. The van der Waals surface area contributed by atoms with Gasteiger partial charge in [-0.15, -0.1) is 0 Å². The van der Waals surface area contributed by atoms with Crippen molar-refractivity contribution in [1.29, 1.82) is 0 Å². The van der Waals surface area contributed by atoms with Crippen LogP contribution in [0.5, 0.6) is 0 Å². The number of nitrogens with zero attached hydrogens (tertiary/aromatic N) is 1. The summed E-state index contributed by atoms with van der Waals surface area (Å²) in [6.45, 7) is 7.30. The molecule has 0 spiro atoms. The van der Waals surface area contributed by atoms with Crippen LogP contribution >= 0.6 is 0 Å². The minimum atomic E-state index is 0.120. The zero-order chi connectivity index (χ0) is 16.5. The predicted octanol–water partition coefficient (Wildman–Crippen LogP) is 3.50. The minimum absolute atomic E-state index is 0.120. The standard InChI is InChI=1S/C20H26N2O/c1-3-22(4-2)20(23)19-12-8-11-17(15-19)13-14-21-16-18-9-6-5-7-10-18/h5-12,15,21H,3-4,13-14,16H2,1-2H3. The molecule has 23 heavy (non-hydrogen) atoms. The summed E-state index contributed by atoms with van der Waals surface area (Å²) in [4.78, 5) is 14.2. The molecule has 0 aromatic heterocycles. The molecule has 0 bridgehead atoms. The summed E-state index contributed by atoms with van der Waals surface area (Å²) in [6.07, 6.45) is 0.923. The maximum Gasteiger partial charge on any atom is 0.253 e. The summed E-state index contributed by atoms with van der Waals surface area (Å²) < 4.78 is 0. The molecule has 2 aromatic rings. The van der Waals surface area contributed by atoms with Crippen molar-refractivity contribution in [3.8, 4) is 0 Å². The maximum atomic E-state index is 12.4. The average Bonchev–Trinajstić information content (AvgIpc) is 2.61. The molecule has 1 N–H and O–H groups in total. The van der Waals surface area contributed by atoms with Gasteiger partial charge >= 0.3 is 0 Å². The molecule has 0 aliphatic carbocycles. The Labute approximate surface area is 139 Å². The van der Waals surface area contributed by atoms with Crippen LogP contribution < -0.4 is 5.32 Å². The van der Waals surface area contributed by atoms with E-state index in [-0.39, 0.29) is 5.91 Å². The second kappa shape index (κ2) is 9.11. The Morgan fingerprint density at radius 2 is 1.65 bits per heavy atom. The van der Waals surface area contributed by atoms with Gasteiger partial charge in [0.1, 0.15) is 0 Å². The first-order chi connectivity index (χ1) is 11.2. The van der Waals surface area contributed by atoms with Gasteiger partial charge in [-0.25, -0.2) is 0 Å². The van der Waals surface area contributed by atoms with E-state index in [1.54, 1.807) is 0 Å². The van der Waals surface area contributed by atoms with E-state index in [9.17, 15) is 4.79 Å². The normalized spacial score (nSPS) is 10.5. The Balaban J connectivity index is 1.86. The van der Waals surface area contributed by atoms with E-state index in [2.05, 4.69) is 35.6 Å². The van der Waals surface area contributed by atoms with E-state index in [0.29, 0.717) is 0 Å². The van der Waals surface area contributed by atoms with Crippen LogP contribution in [0, 0.1) is 0 Å². The number of hydrogen-bond donors (Lipinski definition) is 1. The van der Waals surface area contributed by atoms with Crippen LogP contribution in [0.25, 0.3) is 0 Å². The van der Waals surface area contributed by atoms with Crippen LogP contribution in [0.15, 0.2) is 54.6 Å². The number of benzene rings is 2. The lowest BCUT2D eigenvalue weighted by molar-refractivity contribution is 0.0773. The third kappa shape index (κ3) is 5.22. The van der Waals surface area contributed by atoms with Crippen molar-refractivity contribution in [3.63, 3.8) is 0 Å². The number of rotatable bonds is 8. The number of nitrogens with one attached hydrogen (secondary N) is 1. The lowest BCUT2D eigenvalue weighted by atomic mass is 10.1. The fraction of sp³-hybridized carbons (Fsp3) is 0.350.